The predicted molar refractivity (Wildman–Crippen MR) is 87.1 cm³/mol. The van der Waals surface area contributed by atoms with E-state index in [4.69, 9.17) is 0 Å². The summed E-state index contributed by atoms with van der Waals surface area (Å²) in [7, 11) is 3.99. The van der Waals surface area contributed by atoms with Crippen LogP contribution >= 0.6 is 0 Å². The number of hydrogen-bond donors (Lipinski definition) is 1. The third-order valence-electron chi connectivity index (χ3n) is 3.40. The van der Waals surface area contributed by atoms with Gasteiger partial charge < -0.3 is 4.57 Å². The minimum atomic E-state index is -1.64. The number of nitrogens with one attached hydrogen (secondary N) is 1. The van der Waals surface area contributed by atoms with Crippen molar-refractivity contribution in [1.82, 2.24) is 15.0 Å². The Kier molecular flexibility index (Phi) is 3.75. The number of carbonyl (C=O) groups is 1. The van der Waals surface area contributed by atoms with E-state index in [0.29, 0.717) is 0 Å². The molecule has 4 nitrogen and oxygen atoms in total. The topological polar surface area (TPSA) is 37.3 Å². The third-order valence-corrected chi connectivity index (χ3v) is 5.40. The highest BCUT2D eigenvalue weighted by atomic mass is 28.3. The molecule has 1 amide bonds. The van der Waals surface area contributed by atoms with Gasteiger partial charge in [0, 0.05) is 26.7 Å². The second kappa shape index (κ2) is 5.07. The first kappa shape index (κ1) is 14.8. The summed E-state index contributed by atoms with van der Waals surface area (Å²) in [6.07, 6.45) is 0. The van der Waals surface area contributed by atoms with Crippen LogP contribution in [0.5, 0.6) is 0 Å². The molecule has 20 heavy (non-hydrogen) atoms. The fraction of sp³-hybridized carbons (Fsp3) is 0.400. The van der Waals surface area contributed by atoms with Gasteiger partial charge in [-0.3, -0.25) is 10.2 Å². The van der Waals surface area contributed by atoms with E-state index in [1.165, 1.54) is 10.6 Å². The quantitative estimate of drug-likeness (QED) is 0.692. The summed E-state index contributed by atoms with van der Waals surface area (Å²) < 4.78 is 2.02. The van der Waals surface area contributed by atoms with Gasteiger partial charge in [-0.25, -0.2) is 5.01 Å². The van der Waals surface area contributed by atoms with Gasteiger partial charge in [-0.05, 0) is 16.6 Å². The minimum absolute atomic E-state index is 0.0360. The maximum Gasteiger partial charge on any atom is 0.282 e. The highest BCUT2D eigenvalue weighted by molar-refractivity contribution is 6.91. The summed E-state index contributed by atoms with van der Waals surface area (Å²) in [4.78, 5) is 12.6. The summed E-state index contributed by atoms with van der Waals surface area (Å²) in [5.74, 6) is -0.0360. The minimum Gasteiger partial charge on any atom is -0.340 e. The van der Waals surface area contributed by atoms with E-state index in [-0.39, 0.29) is 5.91 Å². The van der Waals surface area contributed by atoms with Gasteiger partial charge in [0.1, 0.15) is 5.69 Å². The van der Waals surface area contributed by atoms with E-state index in [9.17, 15) is 4.79 Å². The number of rotatable bonds is 3. The van der Waals surface area contributed by atoms with E-state index >= 15 is 0 Å². The van der Waals surface area contributed by atoms with Gasteiger partial charge in [-0.15, -0.1) is 0 Å². The van der Waals surface area contributed by atoms with Gasteiger partial charge in [0.2, 0.25) is 0 Å². The van der Waals surface area contributed by atoms with Gasteiger partial charge in [0.15, 0.2) is 0 Å². The first-order chi connectivity index (χ1) is 9.23. The Morgan fingerprint density at radius 3 is 2.35 bits per heavy atom. The fourth-order valence-corrected chi connectivity index (χ4v) is 4.69. The van der Waals surface area contributed by atoms with Crippen LogP contribution < -0.4 is 10.6 Å². The molecule has 0 bridgehead atoms. The number of aryl methyl sites for hydroxylation is 1. The van der Waals surface area contributed by atoms with Crippen LogP contribution in [0.1, 0.15) is 10.5 Å². The molecule has 1 N–H and O–H groups in total. The molecule has 5 heteroatoms. The smallest absolute Gasteiger partial charge is 0.282 e. The van der Waals surface area contributed by atoms with Crippen LogP contribution in [0.4, 0.5) is 0 Å². The molecule has 0 radical (unpaired) electrons. The highest BCUT2D eigenvalue weighted by Gasteiger charge is 2.30. The Hall–Kier alpha value is -1.59. The molecule has 0 aliphatic rings. The Bertz CT molecular complexity index is 653. The maximum atomic E-state index is 12.6. The number of aromatic nitrogens is 1. The summed E-state index contributed by atoms with van der Waals surface area (Å²) >= 11 is 0. The Morgan fingerprint density at radius 2 is 1.80 bits per heavy atom. The van der Waals surface area contributed by atoms with E-state index in [0.717, 1.165) is 11.2 Å². The zero-order valence-electron chi connectivity index (χ0n) is 13.1. The molecule has 1 aromatic carbocycles. The standard InChI is InChI=1S/C15H23N3OSi/c1-17(2)16-15(19)13-14(20(4,5)6)11-9-7-8-10-12(11)18(13)3/h7-10H,1-6H3,(H,16,19). The molecule has 2 rings (SSSR count). The summed E-state index contributed by atoms with van der Waals surface area (Å²) in [6.45, 7) is 6.84. The number of hydrogen-bond acceptors (Lipinski definition) is 2. The van der Waals surface area contributed by atoms with Crippen molar-refractivity contribution in [2.75, 3.05) is 14.1 Å². The monoisotopic (exact) mass is 289 g/mol. The number of benzene rings is 1. The molecule has 0 aliphatic carbocycles. The first-order valence-corrected chi connectivity index (χ1v) is 10.3. The molecular weight excluding hydrogens is 266 g/mol. The summed E-state index contributed by atoms with van der Waals surface area (Å²) in [5.41, 5.74) is 4.78. The molecule has 0 saturated carbocycles. The number of hydrazine groups is 1. The average Bonchev–Trinajstić information content (AvgIpc) is 2.62. The molecule has 108 valence electrons. The van der Waals surface area contributed by atoms with E-state index < -0.39 is 8.07 Å². The number of carbonyl (C=O) groups excluding carboxylic acids is 1. The Labute approximate surface area is 121 Å². The second-order valence-corrected chi connectivity index (χ2v) is 11.4. The van der Waals surface area contributed by atoms with Crippen LogP contribution in [0, 0.1) is 0 Å². The maximum absolute atomic E-state index is 12.6. The highest BCUT2D eigenvalue weighted by Crippen LogP contribution is 2.21. The number of fused-ring (bicyclic) bond motifs is 1. The van der Waals surface area contributed by atoms with Gasteiger partial charge in [-0.1, -0.05) is 37.8 Å². The number of nitrogens with zero attached hydrogens (tertiary/aromatic N) is 2. The van der Waals surface area contributed by atoms with Crippen LogP contribution in [0.15, 0.2) is 24.3 Å². The van der Waals surface area contributed by atoms with Gasteiger partial charge >= 0.3 is 0 Å². The van der Waals surface area contributed by atoms with Crippen molar-refractivity contribution in [2.45, 2.75) is 19.6 Å². The molecule has 0 atom stereocenters. The molecule has 2 aromatic rings. The molecule has 0 unspecified atom stereocenters. The normalized spacial score (nSPS) is 12.2. The molecule has 0 saturated heterocycles. The van der Waals surface area contributed by atoms with E-state index in [1.807, 2.05) is 37.8 Å². The van der Waals surface area contributed by atoms with Crippen molar-refractivity contribution >= 4 is 30.1 Å². The van der Waals surface area contributed by atoms with Crippen LogP contribution in [-0.2, 0) is 7.05 Å². The fourth-order valence-electron chi connectivity index (χ4n) is 2.67. The van der Waals surface area contributed by atoms with Crippen LogP contribution in [0.2, 0.25) is 19.6 Å². The van der Waals surface area contributed by atoms with E-state index in [2.05, 4.69) is 37.2 Å². The largest absolute Gasteiger partial charge is 0.340 e. The lowest BCUT2D eigenvalue weighted by molar-refractivity contribution is 0.0850. The molecular formula is C15H23N3OSi. The SMILES string of the molecule is CN(C)NC(=O)c1c([Si](C)(C)C)c2ccccc2n1C. The lowest BCUT2D eigenvalue weighted by Gasteiger charge is -2.20. The predicted octanol–water partition coefficient (Wildman–Crippen LogP) is 1.93. The van der Waals surface area contributed by atoms with Crippen LogP contribution in [-0.4, -0.2) is 37.7 Å². The number of para-hydroxylation sites is 1. The van der Waals surface area contributed by atoms with E-state index in [1.54, 1.807) is 5.01 Å². The van der Waals surface area contributed by atoms with Crippen molar-refractivity contribution < 1.29 is 4.79 Å². The molecule has 1 heterocycles. The van der Waals surface area contributed by atoms with Crippen molar-refractivity contribution in [3.63, 3.8) is 0 Å². The molecule has 0 aliphatic heterocycles. The molecule has 1 aromatic heterocycles. The molecule has 0 fully saturated rings. The first-order valence-electron chi connectivity index (χ1n) is 6.79. The van der Waals surface area contributed by atoms with Crippen molar-refractivity contribution in [3.05, 3.63) is 30.0 Å². The van der Waals surface area contributed by atoms with Crippen molar-refractivity contribution in [1.29, 1.82) is 0 Å². The second-order valence-electron chi connectivity index (χ2n) is 6.39. The lowest BCUT2D eigenvalue weighted by atomic mass is 10.2. The lowest BCUT2D eigenvalue weighted by Crippen LogP contribution is -2.46. The van der Waals surface area contributed by atoms with Crippen molar-refractivity contribution in [2.24, 2.45) is 7.05 Å². The van der Waals surface area contributed by atoms with Gasteiger partial charge in [0.05, 0.1) is 8.07 Å². The van der Waals surface area contributed by atoms with Gasteiger partial charge in [0.25, 0.3) is 5.91 Å². The summed E-state index contributed by atoms with van der Waals surface area (Å²) in [6, 6.07) is 8.25. The molecule has 0 spiro atoms. The Balaban J connectivity index is 2.75. The van der Waals surface area contributed by atoms with Gasteiger partial charge in [-0.2, -0.15) is 0 Å². The zero-order valence-corrected chi connectivity index (χ0v) is 14.1. The van der Waals surface area contributed by atoms with Crippen LogP contribution in [0.25, 0.3) is 10.9 Å². The zero-order chi connectivity index (χ0) is 15.1. The van der Waals surface area contributed by atoms with Crippen molar-refractivity contribution in [3.8, 4) is 0 Å². The third kappa shape index (κ3) is 2.51. The van der Waals surface area contributed by atoms with Crippen LogP contribution in [0.3, 0.4) is 0 Å². The number of amides is 1. The summed E-state index contributed by atoms with van der Waals surface area (Å²) in [5, 5.41) is 4.13. The Morgan fingerprint density at radius 1 is 1.20 bits per heavy atom. The average molecular weight is 289 g/mol.